The molecule has 0 atom stereocenters. The fourth-order valence-electron chi connectivity index (χ4n) is 2.33. The Kier molecular flexibility index (Phi) is 5.92. The lowest BCUT2D eigenvalue weighted by molar-refractivity contribution is -0.113. The molecule has 0 spiro atoms. The zero-order valence-electron chi connectivity index (χ0n) is 14.0. The number of anilines is 1. The number of benzene rings is 1. The smallest absolute Gasteiger partial charge is 0.272 e. The summed E-state index contributed by atoms with van der Waals surface area (Å²) in [5.41, 5.74) is 1.06. The molecule has 26 heavy (non-hydrogen) atoms. The number of rotatable bonds is 7. The van der Waals surface area contributed by atoms with Crippen LogP contribution in [0.3, 0.4) is 0 Å². The van der Waals surface area contributed by atoms with E-state index >= 15 is 0 Å². The molecular formula is C17H17N3O4S2. The van der Waals surface area contributed by atoms with E-state index in [4.69, 9.17) is 4.74 Å². The molecule has 0 bridgehead atoms. The lowest BCUT2D eigenvalue weighted by Gasteiger charge is -2.11. The number of amides is 1. The molecular weight excluding hydrogens is 374 g/mol. The van der Waals surface area contributed by atoms with Crippen LogP contribution in [0, 0.1) is 0 Å². The molecule has 0 radical (unpaired) electrons. The van der Waals surface area contributed by atoms with Crippen molar-refractivity contribution in [2.45, 2.75) is 11.7 Å². The van der Waals surface area contributed by atoms with E-state index < -0.39 is 0 Å². The van der Waals surface area contributed by atoms with E-state index in [1.54, 1.807) is 42.8 Å². The van der Waals surface area contributed by atoms with Gasteiger partial charge in [0.15, 0.2) is 5.16 Å². The number of methoxy groups -OCH3 is 1. The first-order valence-corrected chi connectivity index (χ1v) is 9.64. The van der Waals surface area contributed by atoms with Crippen LogP contribution in [0.2, 0.25) is 0 Å². The van der Waals surface area contributed by atoms with Crippen LogP contribution in [-0.4, -0.2) is 40.0 Å². The minimum absolute atomic E-state index is 0.0968. The number of fused-ring (bicyclic) bond motifs is 1. The molecule has 0 saturated carbocycles. The van der Waals surface area contributed by atoms with Crippen molar-refractivity contribution in [1.82, 2.24) is 9.55 Å². The van der Waals surface area contributed by atoms with Crippen molar-refractivity contribution in [2.24, 2.45) is 0 Å². The molecule has 2 heterocycles. The molecule has 0 aliphatic heterocycles. The zero-order chi connectivity index (χ0) is 18.5. The summed E-state index contributed by atoms with van der Waals surface area (Å²) in [5, 5.41) is 14.2. The minimum atomic E-state index is -0.213. The van der Waals surface area contributed by atoms with Crippen molar-refractivity contribution in [1.29, 1.82) is 0 Å². The first-order chi connectivity index (χ1) is 12.6. The number of carbonyl (C=O) groups excluding carboxylic acids is 1. The largest absolute Gasteiger partial charge is 0.497 e. The molecule has 0 aliphatic rings. The average Bonchev–Trinajstić information content (AvgIpc) is 3.12. The van der Waals surface area contributed by atoms with Crippen molar-refractivity contribution in [3.63, 3.8) is 0 Å². The van der Waals surface area contributed by atoms with Gasteiger partial charge in [-0.05, 0) is 35.7 Å². The summed E-state index contributed by atoms with van der Waals surface area (Å²) < 4.78 is 7.03. The lowest BCUT2D eigenvalue weighted by Crippen LogP contribution is -2.25. The van der Waals surface area contributed by atoms with Crippen LogP contribution in [0.15, 0.2) is 45.7 Å². The Balaban J connectivity index is 1.72. The van der Waals surface area contributed by atoms with E-state index in [0.29, 0.717) is 26.8 Å². The first-order valence-electron chi connectivity index (χ1n) is 7.78. The topological polar surface area (TPSA) is 93.5 Å². The maximum absolute atomic E-state index is 12.5. The number of thioether (sulfide) groups is 1. The molecule has 0 fully saturated rings. The summed E-state index contributed by atoms with van der Waals surface area (Å²) >= 11 is 2.48. The molecule has 2 aromatic heterocycles. The van der Waals surface area contributed by atoms with Crippen LogP contribution in [-0.2, 0) is 11.3 Å². The van der Waals surface area contributed by atoms with Crippen molar-refractivity contribution in [2.75, 3.05) is 24.8 Å². The highest BCUT2D eigenvalue weighted by atomic mass is 32.2. The average molecular weight is 391 g/mol. The molecule has 9 heteroatoms. The summed E-state index contributed by atoms with van der Waals surface area (Å²) in [6, 6.07) is 8.78. The van der Waals surface area contributed by atoms with Crippen molar-refractivity contribution >= 4 is 44.9 Å². The summed E-state index contributed by atoms with van der Waals surface area (Å²) in [6.45, 7) is -0.0355. The third-order valence-corrected chi connectivity index (χ3v) is 5.43. The van der Waals surface area contributed by atoms with Gasteiger partial charge < -0.3 is 15.2 Å². The molecule has 0 aliphatic carbocycles. The van der Waals surface area contributed by atoms with Gasteiger partial charge in [0.1, 0.15) is 10.4 Å². The Labute approximate surface area is 157 Å². The summed E-state index contributed by atoms with van der Waals surface area (Å²) in [5.74, 6) is 0.591. The van der Waals surface area contributed by atoms with Gasteiger partial charge in [-0.3, -0.25) is 14.2 Å². The van der Waals surface area contributed by atoms with Crippen LogP contribution in [0.25, 0.3) is 10.2 Å². The Hall–Kier alpha value is -2.36. The fourth-order valence-corrected chi connectivity index (χ4v) is 3.94. The second-order valence-electron chi connectivity index (χ2n) is 5.28. The Morgan fingerprint density at radius 3 is 2.81 bits per heavy atom. The quantitative estimate of drug-likeness (QED) is 0.474. The van der Waals surface area contributed by atoms with E-state index in [-0.39, 0.29) is 30.4 Å². The minimum Gasteiger partial charge on any atom is -0.497 e. The standard InChI is InChI=1S/C17H17N3O4S2/c1-24-12-4-2-11(3-5-12)18-14(22)10-26-17-19-13-6-9-25-15(13)16(23)20(17)7-8-21/h2-6,9,21H,7-8,10H2,1H3,(H,18,22). The van der Waals surface area contributed by atoms with Gasteiger partial charge in [0.25, 0.3) is 5.56 Å². The number of thiophene rings is 1. The van der Waals surface area contributed by atoms with Crippen molar-refractivity contribution in [3.05, 3.63) is 46.1 Å². The van der Waals surface area contributed by atoms with E-state index in [1.165, 1.54) is 15.9 Å². The third-order valence-electron chi connectivity index (χ3n) is 3.56. The van der Waals surface area contributed by atoms with Gasteiger partial charge >= 0.3 is 0 Å². The third kappa shape index (κ3) is 4.06. The predicted octanol–water partition coefficient (Wildman–Crippen LogP) is 2.19. The molecule has 3 rings (SSSR count). The Bertz CT molecular complexity index is 966. The van der Waals surface area contributed by atoms with E-state index in [0.717, 1.165) is 11.8 Å². The fraction of sp³-hybridized carbons (Fsp3) is 0.235. The maximum atomic E-state index is 12.5. The van der Waals surface area contributed by atoms with E-state index in [1.807, 2.05) is 0 Å². The highest BCUT2D eigenvalue weighted by Gasteiger charge is 2.14. The number of hydrogen-bond acceptors (Lipinski definition) is 7. The monoisotopic (exact) mass is 391 g/mol. The van der Waals surface area contributed by atoms with Crippen molar-refractivity contribution in [3.8, 4) is 5.75 Å². The number of aliphatic hydroxyl groups excluding tert-OH is 1. The highest BCUT2D eigenvalue weighted by molar-refractivity contribution is 7.99. The summed E-state index contributed by atoms with van der Waals surface area (Å²) in [7, 11) is 1.58. The molecule has 1 aromatic carbocycles. The molecule has 1 amide bonds. The van der Waals surface area contributed by atoms with Crippen LogP contribution in [0.4, 0.5) is 5.69 Å². The number of hydrogen-bond donors (Lipinski definition) is 2. The van der Waals surface area contributed by atoms with Crippen LogP contribution in [0.5, 0.6) is 5.75 Å². The number of ether oxygens (including phenoxy) is 1. The van der Waals surface area contributed by atoms with Gasteiger partial charge in [0.05, 0.1) is 31.5 Å². The summed E-state index contributed by atoms with van der Waals surface area (Å²) in [6.07, 6.45) is 0. The number of carbonyl (C=O) groups is 1. The molecule has 0 unspecified atom stereocenters. The predicted molar refractivity (Wildman–Crippen MR) is 103 cm³/mol. The van der Waals surface area contributed by atoms with Gasteiger partial charge in [-0.1, -0.05) is 11.8 Å². The number of nitrogens with one attached hydrogen (secondary N) is 1. The number of nitrogens with zero attached hydrogens (tertiary/aromatic N) is 2. The van der Waals surface area contributed by atoms with Crippen LogP contribution >= 0.6 is 23.1 Å². The molecule has 136 valence electrons. The normalized spacial score (nSPS) is 10.8. The van der Waals surface area contributed by atoms with Crippen molar-refractivity contribution < 1.29 is 14.6 Å². The Morgan fingerprint density at radius 2 is 2.12 bits per heavy atom. The number of aliphatic hydroxyl groups is 1. The summed E-state index contributed by atoms with van der Waals surface area (Å²) in [4.78, 5) is 29.1. The van der Waals surface area contributed by atoms with E-state index in [2.05, 4.69) is 10.3 Å². The molecule has 0 saturated heterocycles. The molecule has 3 aromatic rings. The number of aromatic nitrogens is 2. The highest BCUT2D eigenvalue weighted by Crippen LogP contribution is 2.21. The second kappa shape index (κ2) is 8.35. The second-order valence-corrected chi connectivity index (χ2v) is 7.13. The lowest BCUT2D eigenvalue weighted by atomic mass is 10.3. The van der Waals surface area contributed by atoms with E-state index in [9.17, 15) is 14.7 Å². The van der Waals surface area contributed by atoms with Gasteiger partial charge in [-0.2, -0.15) is 0 Å². The maximum Gasteiger partial charge on any atom is 0.272 e. The van der Waals surface area contributed by atoms with Gasteiger partial charge in [0.2, 0.25) is 5.91 Å². The van der Waals surface area contributed by atoms with Crippen LogP contribution < -0.4 is 15.6 Å². The Morgan fingerprint density at radius 1 is 1.35 bits per heavy atom. The molecule has 2 N–H and O–H groups in total. The van der Waals surface area contributed by atoms with Gasteiger partial charge in [-0.25, -0.2) is 4.98 Å². The van der Waals surface area contributed by atoms with Gasteiger partial charge in [0, 0.05) is 5.69 Å². The molecule has 7 nitrogen and oxygen atoms in total. The SMILES string of the molecule is COc1ccc(NC(=O)CSc2nc3ccsc3c(=O)n2CCO)cc1. The first kappa shape index (κ1) is 18.4. The van der Waals surface area contributed by atoms with Crippen LogP contribution in [0.1, 0.15) is 0 Å². The zero-order valence-corrected chi connectivity index (χ0v) is 15.6. The van der Waals surface area contributed by atoms with Gasteiger partial charge in [-0.15, -0.1) is 11.3 Å².